The van der Waals surface area contributed by atoms with E-state index in [4.69, 9.17) is 0 Å². The van der Waals surface area contributed by atoms with E-state index in [1.807, 2.05) is 11.8 Å². The van der Waals surface area contributed by atoms with E-state index in [0.29, 0.717) is 11.2 Å². The van der Waals surface area contributed by atoms with Gasteiger partial charge in [-0.3, -0.25) is 0 Å². The molecule has 4 rings (SSSR count). The predicted octanol–water partition coefficient (Wildman–Crippen LogP) is 6.25. The number of benzene rings is 3. The van der Waals surface area contributed by atoms with Crippen LogP contribution < -0.4 is 0 Å². The minimum Gasteiger partial charge on any atom is -0.118 e. The van der Waals surface area contributed by atoms with E-state index in [9.17, 15) is 0 Å². The van der Waals surface area contributed by atoms with E-state index in [1.165, 1.54) is 28.0 Å². The summed E-state index contributed by atoms with van der Waals surface area (Å²) in [6, 6.07) is 30.8. The fraction of sp³-hybridized carbons (Fsp3) is 0.182. The Morgan fingerprint density at radius 2 is 1.39 bits per heavy atom. The molecule has 1 aliphatic rings. The Labute approximate surface area is 142 Å². The molecular formula is C22H20S. The zero-order valence-electron chi connectivity index (χ0n) is 13.1. The molecule has 1 aliphatic heterocycles. The highest BCUT2D eigenvalue weighted by atomic mass is 32.2. The number of hydrogen-bond donors (Lipinski definition) is 0. The van der Waals surface area contributed by atoms with Crippen molar-refractivity contribution in [2.24, 2.45) is 0 Å². The van der Waals surface area contributed by atoms with E-state index >= 15 is 0 Å². The van der Waals surface area contributed by atoms with Gasteiger partial charge in [-0.05, 0) is 41.5 Å². The van der Waals surface area contributed by atoms with Crippen molar-refractivity contribution in [3.63, 3.8) is 0 Å². The van der Waals surface area contributed by atoms with Gasteiger partial charge in [-0.1, -0.05) is 78.9 Å². The Hall–Kier alpha value is -1.99. The fourth-order valence-corrected chi connectivity index (χ4v) is 4.93. The Morgan fingerprint density at radius 1 is 0.739 bits per heavy atom. The lowest BCUT2D eigenvalue weighted by Crippen LogP contribution is -2.13. The lowest BCUT2D eigenvalue weighted by molar-refractivity contribution is 0.592. The molecule has 1 heterocycles. The second-order valence-electron chi connectivity index (χ2n) is 6.18. The van der Waals surface area contributed by atoms with Gasteiger partial charge in [0.2, 0.25) is 0 Å². The molecule has 23 heavy (non-hydrogen) atoms. The summed E-state index contributed by atoms with van der Waals surface area (Å²) in [4.78, 5) is 1.45. The summed E-state index contributed by atoms with van der Waals surface area (Å²) in [5, 5.41) is 0.555. The molecular weight excluding hydrogens is 296 g/mol. The number of thioether (sulfide) groups is 1. The van der Waals surface area contributed by atoms with Crippen molar-refractivity contribution in [1.82, 2.24) is 0 Å². The lowest BCUT2D eigenvalue weighted by Gasteiger charge is -2.31. The third-order valence-electron chi connectivity index (χ3n) is 4.62. The summed E-state index contributed by atoms with van der Waals surface area (Å²) in [5.74, 6) is 0.597. The number of hydrogen-bond acceptors (Lipinski definition) is 1. The van der Waals surface area contributed by atoms with Gasteiger partial charge >= 0.3 is 0 Å². The largest absolute Gasteiger partial charge is 0.118 e. The van der Waals surface area contributed by atoms with Crippen molar-refractivity contribution in [3.8, 4) is 0 Å². The highest BCUT2D eigenvalue weighted by Gasteiger charge is 2.28. The van der Waals surface area contributed by atoms with Crippen molar-refractivity contribution in [3.05, 3.63) is 102 Å². The quantitative estimate of drug-likeness (QED) is 0.550. The summed E-state index contributed by atoms with van der Waals surface area (Å²) >= 11 is 2.02. The first-order chi connectivity index (χ1) is 11.4. The first kappa shape index (κ1) is 14.6. The molecule has 0 bridgehead atoms. The molecule has 0 amide bonds. The van der Waals surface area contributed by atoms with Crippen LogP contribution in [0.3, 0.4) is 0 Å². The summed E-state index contributed by atoms with van der Waals surface area (Å²) in [6.45, 7) is 0. The standard InChI is InChI=1S/C22H20S/c1-3-9-17(10-4-1)15-19-16-22(18-11-5-2-6-12-18)23-21-14-8-7-13-20(19)21/h1-14,19,22H,15-16H2. The molecule has 0 nitrogen and oxygen atoms in total. The van der Waals surface area contributed by atoms with Crippen LogP contribution in [0, 0.1) is 0 Å². The van der Waals surface area contributed by atoms with Crippen LogP contribution in [0.5, 0.6) is 0 Å². The first-order valence-corrected chi connectivity index (χ1v) is 9.12. The number of fused-ring (bicyclic) bond motifs is 1. The van der Waals surface area contributed by atoms with Crippen LogP contribution >= 0.6 is 11.8 Å². The molecule has 3 aromatic carbocycles. The molecule has 3 aromatic rings. The Bertz CT molecular complexity index is 764. The van der Waals surface area contributed by atoms with Gasteiger partial charge in [0.1, 0.15) is 0 Å². The van der Waals surface area contributed by atoms with Gasteiger partial charge in [-0.25, -0.2) is 0 Å². The van der Waals surface area contributed by atoms with Crippen LogP contribution in [0.2, 0.25) is 0 Å². The van der Waals surface area contributed by atoms with Crippen molar-refractivity contribution >= 4 is 11.8 Å². The monoisotopic (exact) mass is 316 g/mol. The highest BCUT2D eigenvalue weighted by molar-refractivity contribution is 7.99. The van der Waals surface area contributed by atoms with Crippen molar-refractivity contribution in [1.29, 1.82) is 0 Å². The Kier molecular flexibility index (Phi) is 4.21. The van der Waals surface area contributed by atoms with Crippen molar-refractivity contribution < 1.29 is 0 Å². The maximum Gasteiger partial charge on any atom is 0.0350 e. The SMILES string of the molecule is c1ccc(CC2CC(c3ccccc3)Sc3ccccc32)cc1. The summed E-state index contributed by atoms with van der Waals surface area (Å²) in [5.41, 5.74) is 4.41. The Morgan fingerprint density at radius 3 is 2.17 bits per heavy atom. The van der Waals surface area contributed by atoms with Crippen LogP contribution in [-0.2, 0) is 6.42 Å². The molecule has 0 aromatic heterocycles. The van der Waals surface area contributed by atoms with Crippen LogP contribution in [0.1, 0.15) is 34.3 Å². The van der Waals surface area contributed by atoms with Crippen LogP contribution in [0.4, 0.5) is 0 Å². The van der Waals surface area contributed by atoms with Gasteiger partial charge < -0.3 is 0 Å². The van der Waals surface area contributed by atoms with E-state index in [2.05, 4.69) is 84.9 Å². The minimum absolute atomic E-state index is 0.555. The third-order valence-corrected chi connectivity index (χ3v) is 6.00. The molecule has 114 valence electrons. The normalized spacial score (nSPS) is 20.0. The number of rotatable bonds is 3. The summed E-state index contributed by atoms with van der Waals surface area (Å²) in [7, 11) is 0. The first-order valence-electron chi connectivity index (χ1n) is 8.24. The molecule has 0 saturated heterocycles. The van der Waals surface area contributed by atoms with Gasteiger partial charge in [-0.2, -0.15) is 0 Å². The van der Waals surface area contributed by atoms with Gasteiger partial charge in [0.25, 0.3) is 0 Å². The van der Waals surface area contributed by atoms with Crippen LogP contribution in [-0.4, -0.2) is 0 Å². The van der Waals surface area contributed by atoms with Gasteiger partial charge in [0, 0.05) is 10.1 Å². The molecule has 0 N–H and O–H groups in total. The average Bonchev–Trinajstić information content (AvgIpc) is 2.63. The molecule has 0 fully saturated rings. The van der Waals surface area contributed by atoms with Crippen molar-refractivity contribution in [2.45, 2.75) is 28.9 Å². The highest BCUT2D eigenvalue weighted by Crippen LogP contribution is 2.50. The summed E-state index contributed by atoms with van der Waals surface area (Å²) < 4.78 is 0. The molecule has 0 spiro atoms. The molecule has 0 radical (unpaired) electrons. The molecule has 2 unspecified atom stereocenters. The smallest absolute Gasteiger partial charge is 0.0350 e. The topological polar surface area (TPSA) is 0 Å². The van der Waals surface area contributed by atoms with Gasteiger partial charge in [0.15, 0.2) is 0 Å². The molecule has 2 atom stereocenters. The predicted molar refractivity (Wildman–Crippen MR) is 99.0 cm³/mol. The lowest BCUT2D eigenvalue weighted by atomic mass is 9.86. The zero-order chi connectivity index (χ0) is 15.5. The van der Waals surface area contributed by atoms with Gasteiger partial charge in [-0.15, -0.1) is 11.8 Å². The second kappa shape index (κ2) is 6.64. The average molecular weight is 316 g/mol. The van der Waals surface area contributed by atoms with Gasteiger partial charge in [0.05, 0.1) is 0 Å². The summed E-state index contributed by atoms with van der Waals surface area (Å²) in [6.07, 6.45) is 2.34. The second-order valence-corrected chi connectivity index (χ2v) is 7.42. The van der Waals surface area contributed by atoms with Crippen LogP contribution in [0.15, 0.2) is 89.8 Å². The minimum atomic E-state index is 0.555. The van der Waals surface area contributed by atoms with E-state index in [-0.39, 0.29) is 0 Å². The van der Waals surface area contributed by atoms with E-state index in [1.54, 1.807) is 0 Å². The van der Waals surface area contributed by atoms with E-state index < -0.39 is 0 Å². The fourth-order valence-electron chi connectivity index (χ4n) is 3.48. The third kappa shape index (κ3) is 3.20. The molecule has 1 heteroatoms. The maximum atomic E-state index is 2.32. The zero-order valence-corrected chi connectivity index (χ0v) is 13.9. The van der Waals surface area contributed by atoms with Crippen LogP contribution in [0.25, 0.3) is 0 Å². The molecule has 0 aliphatic carbocycles. The van der Waals surface area contributed by atoms with Crippen molar-refractivity contribution in [2.75, 3.05) is 0 Å². The van der Waals surface area contributed by atoms with E-state index in [0.717, 1.165) is 6.42 Å². The molecule has 0 saturated carbocycles. The Balaban J connectivity index is 1.67. The maximum absolute atomic E-state index is 2.32.